The van der Waals surface area contributed by atoms with Crippen LogP contribution in [0.2, 0.25) is 0 Å². The topological polar surface area (TPSA) is 74.3 Å². The van der Waals surface area contributed by atoms with Gasteiger partial charge in [-0.1, -0.05) is 42.5 Å². The summed E-state index contributed by atoms with van der Waals surface area (Å²) in [6.45, 7) is 4.53. The average molecular weight is 496 g/mol. The number of benzene rings is 2. The standard InChI is InChI=1S/C29H37NO6/c1-2-33-28(31)25-14-16-26(17-15-25)36-21-30-18-6-9-27(30)34-19-23-10-12-24(13-11-23)29(32)35-20-22-7-4-3-5-8-22/h3-5,7-8,10-13,25-27H,2,6,9,14-21H2,1H3. The van der Waals surface area contributed by atoms with E-state index in [1.807, 2.05) is 49.4 Å². The van der Waals surface area contributed by atoms with Crippen LogP contribution in [0.3, 0.4) is 0 Å². The monoisotopic (exact) mass is 495 g/mol. The minimum atomic E-state index is -0.332. The molecule has 1 aliphatic carbocycles. The van der Waals surface area contributed by atoms with Crippen LogP contribution in [-0.4, -0.2) is 49.1 Å². The largest absolute Gasteiger partial charge is 0.466 e. The van der Waals surface area contributed by atoms with Crippen LogP contribution < -0.4 is 0 Å². The third kappa shape index (κ3) is 7.63. The summed E-state index contributed by atoms with van der Waals surface area (Å²) >= 11 is 0. The Balaban J connectivity index is 1.16. The summed E-state index contributed by atoms with van der Waals surface area (Å²) in [6.07, 6.45) is 5.71. The Hall–Kier alpha value is -2.74. The van der Waals surface area contributed by atoms with Crippen LogP contribution in [0.4, 0.5) is 0 Å². The maximum absolute atomic E-state index is 12.3. The first kappa shape index (κ1) is 26.3. The van der Waals surface area contributed by atoms with E-state index in [9.17, 15) is 9.59 Å². The molecule has 2 fully saturated rings. The van der Waals surface area contributed by atoms with Crippen molar-refractivity contribution in [2.75, 3.05) is 19.9 Å². The van der Waals surface area contributed by atoms with Gasteiger partial charge in [0.2, 0.25) is 0 Å². The lowest BCUT2D eigenvalue weighted by atomic mass is 9.87. The van der Waals surface area contributed by atoms with Crippen molar-refractivity contribution >= 4 is 11.9 Å². The summed E-state index contributed by atoms with van der Waals surface area (Å²) in [7, 11) is 0. The van der Waals surface area contributed by atoms with E-state index in [4.69, 9.17) is 18.9 Å². The molecule has 0 amide bonds. The normalized spacial score (nSPS) is 22.3. The molecule has 1 aliphatic heterocycles. The highest BCUT2D eigenvalue weighted by Crippen LogP contribution is 2.28. The van der Waals surface area contributed by atoms with Crippen molar-refractivity contribution in [2.24, 2.45) is 5.92 Å². The van der Waals surface area contributed by atoms with Gasteiger partial charge in [0.1, 0.15) is 19.6 Å². The molecule has 0 N–H and O–H groups in total. The second-order valence-electron chi connectivity index (χ2n) is 9.50. The zero-order valence-electron chi connectivity index (χ0n) is 21.1. The van der Waals surface area contributed by atoms with Gasteiger partial charge < -0.3 is 18.9 Å². The fourth-order valence-corrected chi connectivity index (χ4v) is 4.79. The molecule has 2 aromatic carbocycles. The van der Waals surface area contributed by atoms with Crippen molar-refractivity contribution in [3.8, 4) is 0 Å². The van der Waals surface area contributed by atoms with Crippen LogP contribution in [0.5, 0.6) is 0 Å². The van der Waals surface area contributed by atoms with Crippen molar-refractivity contribution in [2.45, 2.75) is 71.0 Å². The van der Waals surface area contributed by atoms with Gasteiger partial charge in [0.05, 0.1) is 30.8 Å². The summed E-state index contributed by atoms with van der Waals surface area (Å²) in [6, 6.07) is 17.0. The number of rotatable bonds is 11. The van der Waals surface area contributed by atoms with Crippen molar-refractivity contribution in [1.82, 2.24) is 4.90 Å². The summed E-state index contributed by atoms with van der Waals surface area (Å²) in [4.78, 5) is 26.5. The maximum Gasteiger partial charge on any atom is 0.338 e. The first-order valence-electron chi connectivity index (χ1n) is 13.1. The van der Waals surface area contributed by atoms with Crippen molar-refractivity contribution in [3.63, 3.8) is 0 Å². The van der Waals surface area contributed by atoms with E-state index in [0.29, 0.717) is 25.5 Å². The molecule has 1 unspecified atom stereocenters. The zero-order chi connectivity index (χ0) is 25.2. The van der Waals surface area contributed by atoms with E-state index in [2.05, 4.69) is 4.90 Å². The molecule has 1 saturated heterocycles. The lowest BCUT2D eigenvalue weighted by Crippen LogP contribution is -2.36. The molecule has 1 atom stereocenters. The number of esters is 2. The molecule has 2 aliphatic rings. The molecule has 0 aromatic heterocycles. The van der Waals surface area contributed by atoms with Gasteiger partial charge in [0.25, 0.3) is 0 Å². The summed E-state index contributed by atoms with van der Waals surface area (Å²) in [5.74, 6) is -0.382. The third-order valence-corrected chi connectivity index (χ3v) is 6.92. The van der Waals surface area contributed by atoms with E-state index in [1.165, 1.54) is 0 Å². The lowest BCUT2D eigenvalue weighted by Gasteiger charge is -2.30. The van der Waals surface area contributed by atoms with Gasteiger partial charge in [-0.3, -0.25) is 9.69 Å². The summed E-state index contributed by atoms with van der Waals surface area (Å²) < 4.78 is 22.9. The predicted octanol–water partition coefficient (Wildman–Crippen LogP) is 5.08. The van der Waals surface area contributed by atoms with E-state index in [-0.39, 0.29) is 36.8 Å². The van der Waals surface area contributed by atoms with Gasteiger partial charge in [-0.2, -0.15) is 0 Å². The van der Waals surface area contributed by atoms with Crippen molar-refractivity contribution in [1.29, 1.82) is 0 Å². The van der Waals surface area contributed by atoms with Crippen LogP contribution in [0.25, 0.3) is 0 Å². The minimum Gasteiger partial charge on any atom is -0.466 e. The molecule has 194 valence electrons. The zero-order valence-corrected chi connectivity index (χ0v) is 21.1. The minimum absolute atomic E-state index is 0.0183. The third-order valence-electron chi connectivity index (χ3n) is 6.92. The number of likely N-dealkylation sites (tertiary alicyclic amines) is 1. The van der Waals surface area contributed by atoms with Crippen LogP contribution in [-0.2, 0) is 37.0 Å². The Morgan fingerprint density at radius 2 is 1.56 bits per heavy atom. The fourth-order valence-electron chi connectivity index (χ4n) is 4.79. The Morgan fingerprint density at radius 1 is 0.833 bits per heavy atom. The Labute approximate surface area is 213 Å². The van der Waals surface area contributed by atoms with Crippen molar-refractivity contribution < 1.29 is 28.5 Å². The Bertz CT molecular complexity index is 955. The molecule has 1 heterocycles. The van der Waals surface area contributed by atoms with E-state index >= 15 is 0 Å². The molecule has 1 saturated carbocycles. The van der Waals surface area contributed by atoms with Crippen LogP contribution in [0, 0.1) is 5.92 Å². The molecule has 0 bridgehead atoms. The van der Waals surface area contributed by atoms with Gasteiger partial charge >= 0.3 is 11.9 Å². The second-order valence-corrected chi connectivity index (χ2v) is 9.50. The number of ether oxygens (including phenoxy) is 4. The van der Waals surface area contributed by atoms with Gasteiger partial charge in [0.15, 0.2) is 0 Å². The van der Waals surface area contributed by atoms with E-state index < -0.39 is 0 Å². The average Bonchev–Trinajstić information content (AvgIpc) is 3.38. The van der Waals surface area contributed by atoms with Crippen LogP contribution >= 0.6 is 0 Å². The molecule has 7 nitrogen and oxygen atoms in total. The molecule has 4 rings (SSSR count). The quantitative estimate of drug-likeness (QED) is 0.403. The fraction of sp³-hybridized carbons (Fsp3) is 0.517. The molecule has 0 radical (unpaired) electrons. The Morgan fingerprint density at radius 3 is 2.28 bits per heavy atom. The van der Waals surface area contributed by atoms with Gasteiger partial charge in [0, 0.05) is 6.54 Å². The highest BCUT2D eigenvalue weighted by atomic mass is 16.5. The molecule has 7 heteroatoms. The SMILES string of the molecule is CCOC(=O)C1CCC(OCN2CCCC2OCc2ccc(C(=O)OCc3ccccc3)cc2)CC1. The number of carbonyl (C=O) groups excluding carboxylic acids is 2. The first-order chi connectivity index (χ1) is 17.6. The highest BCUT2D eigenvalue weighted by Gasteiger charge is 2.30. The Kier molecular flexibility index (Phi) is 9.90. The molecule has 0 spiro atoms. The van der Waals surface area contributed by atoms with Gasteiger partial charge in [-0.05, 0) is 68.7 Å². The number of hydrogen-bond acceptors (Lipinski definition) is 7. The van der Waals surface area contributed by atoms with E-state index in [0.717, 1.165) is 56.2 Å². The van der Waals surface area contributed by atoms with Crippen LogP contribution in [0.15, 0.2) is 54.6 Å². The van der Waals surface area contributed by atoms with E-state index in [1.54, 1.807) is 12.1 Å². The highest BCUT2D eigenvalue weighted by molar-refractivity contribution is 5.89. The number of carbonyl (C=O) groups is 2. The lowest BCUT2D eigenvalue weighted by molar-refractivity contribution is -0.151. The summed E-state index contributed by atoms with van der Waals surface area (Å²) in [5.41, 5.74) is 2.51. The number of nitrogens with zero attached hydrogens (tertiary/aromatic N) is 1. The molecule has 36 heavy (non-hydrogen) atoms. The predicted molar refractivity (Wildman–Crippen MR) is 135 cm³/mol. The molecular formula is C29H37NO6. The van der Waals surface area contributed by atoms with Crippen molar-refractivity contribution in [3.05, 3.63) is 71.3 Å². The van der Waals surface area contributed by atoms with Crippen LogP contribution in [0.1, 0.15) is 66.9 Å². The van der Waals surface area contributed by atoms with Gasteiger partial charge in [-0.15, -0.1) is 0 Å². The smallest absolute Gasteiger partial charge is 0.338 e. The maximum atomic E-state index is 12.3. The second kappa shape index (κ2) is 13.5. The first-order valence-corrected chi connectivity index (χ1v) is 13.1. The molecular weight excluding hydrogens is 458 g/mol. The number of hydrogen-bond donors (Lipinski definition) is 0. The van der Waals surface area contributed by atoms with Gasteiger partial charge in [-0.25, -0.2) is 4.79 Å². The molecule has 2 aromatic rings. The summed E-state index contributed by atoms with van der Waals surface area (Å²) in [5, 5.41) is 0.